The largest absolute Gasteiger partial charge is 0.409 e. The van der Waals surface area contributed by atoms with E-state index in [4.69, 9.17) is 10.9 Å². The molecule has 0 saturated heterocycles. The summed E-state index contributed by atoms with van der Waals surface area (Å²) in [7, 11) is 0. The molecule has 0 aliphatic carbocycles. The molecule has 6 nitrogen and oxygen atoms in total. The second-order valence-corrected chi connectivity index (χ2v) is 3.30. The van der Waals surface area contributed by atoms with Crippen molar-refractivity contribution in [3.05, 3.63) is 42.1 Å². The van der Waals surface area contributed by atoms with Gasteiger partial charge in [-0.25, -0.2) is 9.97 Å². The fraction of sp³-hybridized carbons (Fsp3) is 0.100. The summed E-state index contributed by atoms with van der Waals surface area (Å²) in [5.74, 6) is 0.982. The van der Waals surface area contributed by atoms with E-state index in [2.05, 4.69) is 15.1 Å². The van der Waals surface area contributed by atoms with E-state index in [1.807, 2.05) is 19.1 Å². The Labute approximate surface area is 92.1 Å². The standard InChI is InChI=1S/C10H11N5O/c1-7-2-3-8(13-6-7)15-5-4-12-10(15)9(11)14-16/h2-6,16H,1H3,(H2,11,14). The first-order valence-corrected chi connectivity index (χ1v) is 4.66. The van der Waals surface area contributed by atoms with Crippen molar-refractivity contribution in [3.8, 4) is 5.82 Å². The minimum atomic E-state index is -0.0487. The summed E-state index contributed by atoms with van der Waals surface area (Å²) < 4.78 is 1.65. The van der Waals surface area contributed by atoms with Crippen molar-refractivity contribution < 1.29 is 5.21 Å². The van der Waals surface area contributed by atoms with Gasteiger partial charge in [0, 0.05) is 18.6 Å². The molecule has 0 fully saturated rings. The number of nitrogens with two attached hydrogens (primary N) is 1. The van der Waals surface area contributed by atoms with Crippen molar-refractivity contribution in [3.63, 3.8) is 0 Å². The van der Waals surface area contributed by atoms with Gasteiger partial charge in [0.15, 0.2) is 5.82 Å². The molecule has 2 rings (SSSR count). The van der Waals surface area contributed by atoms with Crippen LogP contribution in [0.25, 0.3) is 5.82 Å². The van der Waals surface area contributed by atoms with Crippen LogP contribution < -0.4 is 5.73 Å². The van der Waals surface area contributed by atoms with Crippen LogP contribution in [0.1, 0.15) is 11.4 Å². The monoisotopic (exact) mass is 217 g/mol. The van der Waals surface area contributed by atoms with Gasteiger partial charge in [-0.3, -0.25) is 4.57 Å². The summed E-state index contributed by atoms with van der Waals surface area (Å²) in [5, 5.41) is 11.5. The second kappa shape index (κ2) is 4.01. The van der Waals surface area contributed by atoms with E-state index in [0.717, 1.165) is 5.56 Å². The zero-order valence-corrected chi connectivity index (χ0v) is 8.70. The van der Waals surface area contributed by atoms with E-state index in [-0.39, 0.29) is 5.84 Å². The molecule has 3 N–H and O–H groups in total. The van der Waals surface area contributed by atoms with Crippen molar-refractivity contribution in [1.82, 2.24) is 14.5 Å². The predicted molar refractivity (Wildman–Crippen MR) is 58.6 cm³/mol. The van der Waals surface area contributed by atoms with Gasteiger partial charge < -0.3 is 10.9 Å². The predicted octanol–water partition coefficient (Wildman–Crippen LogP) is 0.670. The van der Waals surface area contributed by atoms with Crippen LogP contribution in [0.3, 0.4) is 0 Å². The smallest absolute Gasteiger partial charge is 0.206 e. The van der Waals surface area contributed by atoms with Crippen molar-refractivity contribution >= 4 is 5.84 Å². The van der Waals surface area contributed by atoms with Gasteiger partial charge in [0.05, 0.1) is 0 Å². The highest BCUT2D eigenvalue weighted by Gasteiger charge is 2.09. The molecule has 82 valence electrons. The second-order valence-electron chi connectivity index (χ2n) is 3.30. The van der Waals surface area contributed by atoms with Crippen LogP contribution in [-0.2, 0) is 0 Å². The van der Waals surface area contributed by atoms with Crippen LogP contribution in [0.15, 0.2) is 35.9 Å². The summed E-state index contributed by atoms with van der Waals surface area (Å²) >= 11 is 0. The number of amidine groups is 1. The molecule has 0 saturated carbocycles. The SMILES string of the molecule is Cc1ccc(-n2ccnc2C(N)=NO)nc1. The quantitative estimate of drug-likeness (QED) is 0.335. The lowest BCUT2D eigenvalue weighted by Crippen LogP contribution is -2.19. The van der Waals surface area contributed by atoms with E-state index >= 15 is 0 Å². The van der Waals surface area contributed by atoms with Gasteiger partial charge in [0.1, 0.15) is 5.82 Å². The number of aromatic nitrogens is 3. The van der Waals surface area contributed by atoms with Crippen molar-refractivity contribution in [1.29, 1.82) is 0 Å². The molecule has 6 heteroatoms. The number of rotatable bonds is 2. The van der Waals surface area contributed by atoms with Crippen LogP contribution in [0.2, 0.25) is 0 Å². The normalized spacial score (nSPS) is 11.7. The van der Waals surface area contributed by atoms with Gasteiger partial charge in [-0.05, 0) is 18.6 Å². The highest BCUT2D eigenvalue weighted by molar-refractivity contribution is 5.94. The number of pyridine rings is 1. The maximum Gasteiger partial charge on any atom is 0.206 e. The molecular weight excluding hydrogens is 206 g/mol. The van der Waals surface area contributed by atoms with Gasteiger partial charge in [-0.2, -0.15) is 0 Å². The molecule has 0 spiro atoms. The third-order valence-corrected chi connectivity index (χ3v) is 2.12. The van der Waals surface area contributed by atoms with Crippen LogP contribution in [-0.4, -0.2) is 25.6 Å². The first-order chi connectivity index (χ1) is 7.72. The minimum absolute atomic E-state index is 0.0487. The lowest BCUT2D eigenvalue weighted by molar-refractivity contribution is 0.318. The molecule has 0 radical (unpaired) electrons. The Bertz CT molecular complexity index is 514. The van der Waals surface area contributed by atoms with Crippen LogP contribution in [0.4, 0.5) is 0 Å². The van der Waals surface area contributed by atoms with Gasteiger partial charge in [-0.15, -0.1) is 0 Å². The third-order valence-electron chi connectivity index (χ3n) is 2.12. The fourth-order valence-corrected chi connectivity index (χ4v) is 1.33. The Hall–Kier alpha value is -2.37. The van der Waals surface area contributed by atoms with Crippen molar-refractivity contribution in [2.75, 3.05) is 0 Å². The zero-order valence-electron chi connectivity index (χ0n) is 8.70. The Morgan fingerprint density at radius 2 is 2.25 bits per heavy atom. The number of oxime groups is 1. The molecule has 2 aromatic heterocycles. The zero-order chi connectivity index (χ0) is 11.5. The summed E-state index contributed by atoms with van der Waals surface area (Å²) in [6, 6.07) is 3.77. The van der Waals surface area contributed by atoms with Gasteiger partial charge in [0.2, 0.25) is 5.84 Å². The van der Waals surface area contributed by atoms with E-state index in [1.54, 1.807) is 23.2 Å². The average Bonchev–Trinajstić information content (AvgIpc) is 2.78. The number of aryl methyl sites for hydroxylation is 1. The maximum absolute atomic E-state index is 8.61. The Balaban J connectivity index is 2.49. The van der Waals surface area contributed by atoms with Crippen molar-refractivity contribution in [2.45, 2.75) is 6.92 Å². The lowest BCUT2D eigenvalue weighted by Gasteiger charge is -2.05. The van der Waals surface area contributed by atoms with E-state index in [9.17, 15) is 0 Å². The lowest BCUT2D eigenvalue weighted by atomic mass is 10.3. The number of hydrogen-bond donors (Lipinski definition) is 2. The molecule has 16 heavy (non-hydrogen) atoms. The van der Waals surface area contributed by atoms with Gasteiger partial charge in [0.25, 0.3) is 0 Å². The molecule has 0 aliphatic heterocycles. The molecule has 0 aliphatic rings. The molecule has 0 atom stereocenters. The first-order valence-electron chi connectivity index (χ1n) is 4.66. The van der Waals surface area contributed by atoms with Crippen molar-refractivity contribution in [2.24, 2.45) is 10.9 Å². The summed E-state index contributed by atoms with van der Waals surface area (Å²) in [5.41, 5.74) is 6.56. The molecule has 2 aromatic rings. The van der Waals surface area contributed by atoms with E-state index in [0.29, 0.717) is 11.6 Å². The summed E-state index contributed by atoms with van der Waals surface area (Å²) in [6.07, 6.45) is 5.01. The maximum atomic E-state index is 8.61. The highest BCUT2D eigenvalue weighted by atomic mass is 16.4. The van der Waals surface area contributed by atoms with Gasteiger partial charge >= 0.3 is 0 Å². The summed E-state index contributed by atoms with van der Waals surface area (Å²) in [4.78, 5) is 8.22. The number of hydrogen-bond acceptors (Lipinski definition) is 4. The van der Waals surface area contributed by atoms with Crippen LogP contribution >= 0.6 is 0 Å². The fourth-order valence-electron chi connectivity index (χ4n) is 1.33. The minimum Gasteiger partial charge on any atom is -0.409 e. The Kier molecular flexibility index (Phi) is 2.55. The number of nitrogens with zero attached hydrogens (tertiary/aromatic N) is 4. The average molecular weight is 217 g/mol. The van der Waals surface area contributed by atoms with Crippen LogP contribution in [0, 0.1) is 6.92 Å². The van der Waals surface area contributed by atoms with Crippen LogP contribution in [0.5, 0.6) is 0 Å². The third kappa shape index (κ3) is 1.72. The molecule has 0 amide bonds. The summed E-state index contributed by atoms with van der Waals surface area (Å²) in [6.45, 7) is 1.95. The molecule has 0 aromatic carbocycles. The van der Waals surface area contributed by atoms with Gasteiger partial charge in [-0.1, -0.05) is 11.2 Å². The number of imidazole rings is 1. The van der Waals surface area contributed by atoms with E-state index in [1.165, 1.54) is 0 Å². The molecule has 0 unspecified atom stereocenters. The molecule has 2 heterocycles. The van der Waals surface area contributed by atoms with E-state index < -0.39 is 0 Å². The Morgan fingerprint density at radius 1 is 1.44 bits per heavy atom. The first kappa shape index (κ1) is 10.2. The highest BCUT2D eigenvalue weighted by Crippen LogP contribution is 2.08. The molecule has 0 bridgehead atoms. The topological polar surface area (TPSA) is 89.3 Å². The Morgan fingerprint density at radius 3 is 2.88 bits per heavy atom. The molecular formula is C10H11N5O.